The lowest BCUT2D eigenvalue weighted by atomic mass is 10.2. The lowest BCUT2D eigenvalue weighted by molar-refractivity contribution is 0.403. The normalized spacial score (nSPS) is 14.1. The Balaban J connectivity index is 3.95. The predicted molar refractivity (Wildman–Crippen MR) is 39.2 cm³/mol. The molecule has 0 aliphatic heterocycles. The monoisotopic (exact) mass is 127 g/mol. The van der Waals surface area contributed by atoms with Gasteiger partial charge in [-0.3, -0.25) is 0 Å². The molecule has 0 radical (unpaired) electrons. The van der Waals surface area contributed by atoms with E-state index in [1.54, 1.807) is 6.08 Å². The third-order valence-corrected chi connectivity index (χ3v) is 1.06. The van der Waals surface area contributed by atoms with Crippen molar-refractivity contribution in [3.05, 3.63) is 23.5 Å². The number of rotatable bonds is 2. The van der Waals surface area contributed by atoms with Crippen LogP contribution in [0, 0.1) is 0 Å². The average molecular weight is 127 g/mol. The zero-order valence-electron chi connectivity index (χ0n) is 5.89. The van der Waals surface area contributed by atoms with Crippen molar-refractivity contribution in [2.75, 3.05) is 6.54 Å². The highest BCUT2D eigenvalue weighted by Crippen LogP contribution is 1.96. The van der Waals surface area contributed by atoms with Gasteiger partial charge in [0.2, 0.25) is 0 Å². The Morgan fingerprint density at radius 1 is 1.67 bits per heavy atom. The van der Waals surface area contributed by atoms with Crippen LogP contribution in [0.3, 0.4) is 0 Å². The fourth-order valence-electron chi connectivity index (χ4n) is 0.405. The van der Waals surface area contributed by atoms with Crippen molar-refractivity contribution >= 4 is 0 Å². The highest BCUT2D eigenvalue weighted by molar-refractivity contribution is 5.17. The Morgan fingerprint density at radius 3 is 2.56 bits per heavy atom. The van der Waals surface area contributed by atoms with Gasteiger partial charge in [0, 0.05) is 0 Å². The minimum absolute atomic E-state index is 0.213. The lowest BCUT2D eigenvalue weighted by Gasteiger charge is -1.92. The first kappa shape index (κ1) is 8.24. The van der Waals surface area contributed by atoms with Gasteiger partial charge >= 0.3 is 0 Å². The molecule has 0 fully saturated rings. The van der Waals surface area contributed by atoms with Gasteiger partial charge in [-0.1, -0.05) is 11.6 Å². The quantitative estimate of drug-likeness (QED) is 0.434. The van der Waals surface area contributed by atoms with Crippen LogP contribution < -0.4 is 5.73 Å². The van der Waals surface area contributed by atoms with Crippen LogP contribution in [0.15, 0.2) is 23.5 Å². The zero-order valence-corrected chi connectivity index (χ0v) is 5.89. The van der Waals surface area contributed by atoms with Crippen LogP contribution in [0.4, 0.5) is 0 Å². The van der Waals surface area contributed by atoms with E-state index in [9.17, 15) is 0 Å². The number of hydrogen-bond acceptors (Lipinski definition) is 2. The second-order valence-electron chi connectivity index (χ2n) is 1.87. The molecule has 0 atom stereocenters. The van der Waals surface area contributed by atoms with Gasteiger partial charge in [0.25, 0.3) is 0 Å². The summed E-state index contributed by atoms with van der Waals surface area (Å²) in [5, 5.41) is 8.85. The molecule has 0 rings (SSSR count). The molecule has 9 heavy (non-hydrogen) atoms. The van der Waals surface area contributed by atoms with Crippen LogP contribution in [-0.2, 0) is 0 Å². The molecule has 0 heterocycles. The Hall–Kier alpha value is -0.760. The van der Waals surface area contributed by atoms with Gasteiger partial charge in [0.1, 0.15) is 5.76 Å². The molecule has 0 saturated heterocycles. The van der Waals surface area contributed by atoms with Crippen LogP contribution in [0.1, 0.15) is 13.8 Å². The number of nitrogens with two attached hydrogens (primary N) is 1. The van der Waals surface area contributed by atoms with Gasteiger partial charge < -0.3 is 10.8 Å². The van der Waals surface area contributed by atoms with Crippen molar-refractivity contribution in [1.82, 2.24) is 0 Å². The minimum atomic E-state index is 0.213. The molecule has 2 heteroatoms. The maximum atomic E-state index is 8.85. The second kappa shape index (κ2) is 4.15. The van der Waals surface area contributed by atoms with Gasteiger partial charge in [-0.2, -0.15) is 0 Å². The van der Waals surface area contributed by atoms with E-state index in [-0.39, 0.29) is 12.3 Å². The summed E-state index contributed by atoms with van der Waals surface area (Å²) in [5.41, 5.74) is 6.16. The van der Waals surface area contributed by atoms with Crippen LogP contribution in [0.2, 0.25) is 0 Å². The molecule has 0 aliphatic carbocycles. The van der Waals surface area contributed by atoms with Crippen molar-refractivity contribution in [3.63, 3.8) is 0 Å². The van der Waals surface area contributed by atoms with E-state index in [0.29, 0.717) is 0 Å². The Kier molecular flexibility index (Phi) is 3.80. The van der Waals surface area contributed by atoms with Gasteiger partial charge in [0.05, 0.1) is 6.54 Å². The molecule has 0 aromatic carbocycles. The topological polar surface area (TPSA) is 46.2 Å². The predicted octanol–water partition coefficient (Wildman–Crippen LogP) is 1.35. The summed E-state index contributed by atoms with van der Waals surface area (Å²) >= 11 is 0. The molecule has 0 aliphatic rings. The largest absolute Gasteiger partial charge is 0.511 e. The molecule has 0 saturated carbocycles. The summed E-state index contributed by atoms with van der Waals surface area (Å²) in [5.74, 6) is 0.227. The molecule has 0 aromatic rings. The second-order valence-corrected chi connectivity index (χ2v) is 1.87. The molecule has 0 spiro atoms. The summed E-state index contributed by atoms with van der Waals surface area (Å²) in [7, 11) is 0. The zero-order chi connectivity index (χ0) is 7.28. The summed E-state index contributed by atoms with van der Waals surface area (Å²) < 4.78 is 0. The van der Waals surface area contributed by atoms with Gasteiger partial charge in [-0.15, -0.1) is 0 Å². The molecule has 0 amide bonds. The highest BCUT2D eigenvalue weighted by Gasteiger charge is 1.85. The van der Waals surface area contributed by atoms with Gasteiger partial charge in [-0.25, -0.2) is 0 Å². The van der Waals surface area contributed by atoms with Gasteiger partial charge in [-0.05, 0) is 19.9 Å². The summed E-state index contributed by atoms with van der Waals surface area (Å²) in [6.45, 7) is 4.03. The van der Waals surface area contributed by atoms with Crippen molar-refractivity contribution in [2.24, 2.45) is 5.73 Å². The van der Waals surface area contributed by atoms with E-state index in [1.807, 2.05) is 19.9 Å². The first-order chi connectivity index (χ1) is 4.20. The maximum absolute atomic E-state index is 8.85. The van der Waals surface area contributed by atoms with Crippen molar-refractivity contribution < 1.29 is 5.11 Å². The SMILES string of the molecule is C/C=C(C)\C=C(\O)CN. The standard InChI is InChI=1S/C7H13NO/c1-3-6(2)4-7(9)5-8/h3-4,9H,5,8H2,1-2H3/b6-3-,7-4+. The fraction of sp³-hybridized carbons (Fsp3) is 0.429. The highest BCUT2D eigenvalue weighted by atomic mass is 16.3. The molecular formula is C7H13NO. The van der Waals surface area contributed by atoms with Crippen LogP contribution in [0.5, 0.6) is 0 Å². The molecule has 0 aromatic heterocycles. The van der Waals surface area contributed by atoms with E-state index in [0.717, 1.165) is 5.57 Å². The Bertz CT molecular complexity index is 136. The summed E-state index contributed by atoms with van der Waals surface area (Å²) in [6, 6.07) is 0. The molecular weight excluding hydrogens is 114 g/mol. The van der Waals surface area contributed by atoms with Crippen LogP contribution in [-0.4, -0.2) is 11.7 Å². The first-order valence-electron chi connectivity index (χ1n) is 2.93. The molecule has 3 N–H and O–H groups in total. The third kappa shape index (κ3) is 3.79. The lowest BCUT2D eigenvalue weighted by Crippen LogP contribution is -2.01. The molecule has 0 bridgehead atoms. The minimum Gasteiger partial charge on any atom is -0.511 e. The molecule has 2 nitrogen and oxygen atoms in total. The first-order valence-corrected chi connectivity index (χ1v) is 2.93. The van der Waals surface area contributed by atoms with E-state index in [1.165, 1.54) is 0 Å². The van der Waals surface area contributed by atoms with Crippen molar-refractivity contribution in [3.8, 4) is 0 Å². The summed E-state index contributed by atoms with van der Waals surface area (Å²) in [6.07, 6.45) is 3.56. The number of aliphatic hydroxyl groups is 1. The smallest absolute Gasteiger partial charge is 0.106 e. The fourth-order valence-corrected chi connectivity index (χ4v) is 0.405. The van der Waals surface area contributed by atoms with Gasteiger partial charge in [0.15, 0.2) is 0 Å². The third-order valence-electron chi connectivity index (χ3n) is 1.06. The van der Waals surface area contributed by atoms with Crippen LogP contribution in [0.25, 0.3) is 0 Å². The maximum Gasteiger partial charge on any atom is 0.106 e. The van der Waals surface area contributed by atoms with E-state index in [2.05, 4.69) is 0 Å². The van der Waals surface area contributed by atoms with E-state index in [4.69, 9.17) is 10.8 Å². The van der Waals surface area contributed by atoms with Crippen molar-refractivity contribution in [2.45, 2.75) is 13.8 Å². The van der Waals surface area contributed by atoms with Crippen LogP contribution >= 0.6 is 0 Å². The number of hydrogen-bond donors (Lipinski definition) is 2. The van der Waals surface area contributed by atoms with E-state index < -0.39 is 0 Å². The number of aliphatic hydroxyl groups excluding tert-OH is 1. The molecule has 0 unspecified atom stereocenters. The average Bonchev–Trinajstić information content (AvgIpc) is 1.87. The Labute approximate surface area is 55.7 Å². The molecule has 52 valence electrons. The van der Waals surface area contributed by atoms with E-state index >= 15 is 0 Å². The number of allylic oxidation sites excluding steroid dienone is 3. The van der Waals surface area contributed by atoms with Crippen molar-refractivity contribution in [1.29, 1.82) is 0 Å². The Morgan fingerprint density at radius 2 is 2.22 bits per heavy atom. The summed E-state index contributed by atoms with van der Waals surface area (Å²) in [4.78, 5) is 0.